The Morgan fingerprint density at radius 3 is 2.17 bits per heavy atom. The first kappa shape index (κ1) is 15.7. The van der Waals surface area contributed by atoms with Crippen LogP contribution in [0.2, 0.25) is 5.02 Å². The Hall–Kier alpha value is -2.18. The third-order valence-electron chi connectivity index (χ3n) is 3.32. The zero-order valence-corrected chi connectivity index (χ0v) is 14.1. The molecule has 23 heavy (non-hydrogen) atoms. The molecule has 0 fully saturated rings. The molecule has 0 saturated carbocycles. The lowest BCUT2D eigenvalue weighted by Gasteiger charge is -2.07. The van der Waals surface area contributed by atoms with Crippen LogP contribution in [0.25, 0.3) is 17.1 Å². The smallest absolute Gasteiger partial charge is 0.175 e. The third kappa shape index (κ3) is 3.28. The van der Waals surface area contributed by atoms with Crippen LogP contribution in [0.3, 0.4) is 0 Å². The van der Waals surface area contributed by atoms with Crippen molar-refractivity contribution in [3.05, 3.63) is 59.4 Å². The standard InChI is InChI=1S/C16H14ClN3O2S/c1-11-18-16(12-3-5-13(17)6-4-12)20(19-11)14-7-9-15(10-8-14)23(2,21)22/h3-10H,1-2H3. The molecule has 3 aromatic rings. The lowest BCUT2D eigenvalue weighted by atomic mass is 10.2. The third-order valence-corrected chi connectivity index (χ3v) is 4.71. The van der Waals surface area contributed by atoms with Crippen molar-refractivity contribution in [3.8, 4) is 17.1 Å². The van der Waals surface area contributed by atoms with Gasteiger partial charge in [0.05, 0.1) is 10.6 Å². The van der Waals surface area contributed by atoms with Crippen molar-refractivity contribution < 1.29 is 8.42 Å². The van der Waals surface area contributed by atoms with E-state index in [1.807, 2.05) is 12.1 Å². The lowest BCUT2D eigenvalue weighted by Crippen LogP contribution is -2.01. The maximum absolute atomic E-state index is 11.6. The number of hydrogen-bond acceptors (Lipinski definition) is 4. The van der Waals surface area contributed by atoms with Crippen LogP contribution in [-0.2, 0) is 9.84 Å². The fourth-order valence-corrected chi connectivity index (χ4v) is 2.97. The van der Waals surface area contributed by atoms with Gasteiger partial charge in [-0.3, -0.25) is 0 Å². The van der Waals surface area contributed by atoms with Gasteiger partial charge in [0.1, 0.15) is 5.82 Å². The molecule has 2 aromatic carbocycles. The van der Waals surface area contributed by atoms with Crippen LogP contribution in [0.5, 0.6) is 0 Å². The number of aromatic nitrogens is 3. The van der Waals surface area contributed by atoms with Crippen molar-refractivity contribution in [2.45, 2.75) is 11.8 Å². The SMILES string of the molecule is Cc1nc(-c2ccc(Cl)cc2)n(-c2ccc(S(C)(=O)=O)cc2)n1. The molecular formula is C16H14ClN3O2S. The van der Waals surface area contributed by atoms with Gasteiger partial charge in [-0.15, -0.1) is 0 Å². The van der Waals surface area contributed by atoms with E-state index < -0.39 is 9.84 Å². The minimum Gasteiger partial charge on any atom is -0.224 e. The van der Waals surface area contributed by atoms with E-state index in [1.54, 1.807) is 48.0 Å². The maximum Gasteiger partial charge on any atom is 0.175 e. The average molecular weight is 348 g/mol. The van der Waals surface area contributed by atoms with E-state index in [-0.39, 0.29) is 4.90 Å². The molecule has 3 rings (SSSR count). The molecule has 0 radical (unpaired) electrons. The molecule has 0 atom stereocenters. The Morgan fingerprint density at radius 2 is 1.61 bits per heavy atom. The topological polar surface area (TPSA) is 64.8 Å². The molecule has 0 amide bonds. The van der Waals surface area contributed by atoms with Crippen LogP contribution in [-0.4, -0.2) is 29.4 Å². The largest absolute Gasteiger partial charge is 0.224 e. The summed E-state index contributed by atoms with van der Waals surface area (Å²) in [6, 6.07) is 13.9. The van der Waals surface area contributed by atoms with Gasteiger partial charge < -0.3 is 0 Å². The van der Waals surface area contributed by atoms with E-state index in [9.17, 15) is 8.42 Å². The molecule has 1 aromatic heterocycles. The molecule has 0 spiro atoms. The predicted octanol–water partition coefficient (Wildman–Crippen LogP) is 3.30. The Morgan fingerprint density at radius 1 is 1.00 bits per heavy atom. The second kappa shape index (κ2) is 5.79. The number of aryl methyl sites for hydroxylation is 1. The summed E-state index contributed by atoms with van der Waals surface area (Å²) in [4.78, 5) is 4.72. The Balaban J connectivity index is 2.09. The monoisotopic (exact) mass is 347 g/mol. The number of sulfone groups is 1. The van der Waals surface area contributed by atoms with Crippen LogP contribution >= 0.6 is 11.6 Å². The summed E-state index contributed by atoms with van der Waals surface area (Å²) in [5.41, 5.74) is 1.62. The molecule has 0 aliphatic heterocycles. The summed E-state index contributed by atoms with van der Waals surface area (Å²) < 4.78 is 24.8. The van der Waals surface area contributed by atoms with E-state index >= 15 is 0 Å². The van der Waals surface area contributed by atoms with Crippen LogP contribution < -0.4 is 0 Å². The maximum atomic E-state index is 11.6. The van der Waals surface area contributed by atoms with Gasteiger partial charge in [0.25, 0.3) is 0 Å². The van der Waals surface area contributed by atoms with Crippen molar-refractivity contribution in [2.24, 2.45) is 0 Å². The average Bonchev–Trinajstić information content (AvgIpc) is 2.89. The first-order chi connectivity index (χ1) is 10.8. The molecule has 0 aliphatic rings. The minimum absolute atomic E-state index is 0.270. The molecule has 0 unspecified atom stereocenters. The van der Waals surface area contributed by atoms with Crippen molar-refractivity contribution in [2.75, 3.05) is 6.26 Å². The number of hydrogen-bond donors (Lipinski definition) is 0. The summed E-state index contributed by atoms with van der Waals surface area (Å²) in [5, 5.41) is 5.04. The lowest BCUT2D eigenvalue weighted by molar-refractivity contribution is 0.602. The van der Waals surface area contributed by atoms with Gasteiger partial charge in [0.2, 0.25) is 0 Å². The van der Waals surface area contributed by atoms with Gasteiger partial charge in [-0.05, 0) is 55.5 Å². The molecule has 0 saturated heterocycles. The summed E-state index contributed by atoms with van der Waals surface area (Å²) in [6.45, 7) is 1.81. The Bertz CT molecular complexity index is 946. The van der Waals surface area contributed by atoms with E-state index in [4.69, 9.17) is 11.6 Å². The number of nitrogens with zero attached hydrogens (tertiary/aromatic N) is 3. The number of rotatable bonds is 3. The molecule has 5 nitrogen and oxygen atoms in total. The van der Waals surface area contributed by atoms with E-state index in [0.29, 0.717) is 16.7 Å². The first-order valence-corrected chi connectivity index (χ1v) is 9.11. The normalized spacial score (nSPS) is 11.6. The van der Waals surface area contributed by atoms with Gasteiger partial charge in [-0.2, -0.15) is 5.10 Å². The summed E-state index contributed by atoms with van der Waals surface area (Å²) in [5.74, 6) is 1.30. The van der Waals surface area contributed by atoms with Crippen LogP contribution in [0.4, 0.5) is 0 Å². The zero-order valence-electron chi connectivity index (χ0n) is 12.6. The van der Waals surface area contributed by atoms with E-state index in [0.717, 1.165) is 11.3 Å². The van der Waals surface area contributed by atoms with Crippen molar-refractivity contribution in [1.82, 2.24) is 14.8 Å². The van der Waals surface area contributed by atoms with Gasteiger partial charge in [-0.1, -0.05) is 11.6 Å². The molecule has 7 heteroatoms. The van der Waals surface area contributed by atoms with Gasteiger partial charge in [0, 0.05) is 16.8 Å². The van der Waals surface area contributed by atoms with Gasteiger partial charge in [-0.25, -0.2) is 18.1 Å². The fourth-order valence-electron chi connectivity index (χ4n) is 2.22. The van der Waals surface area contributed by atoms with Crippen molar-refractivity contribution >= 4 is 21.4 Å². The molecule has 1 heterocycles. The van der Waals surface area contributed by atoms with Crippen molar-refractivity contribution in [3.63, 3.8) is 0 Å². The number of benzene rings is 2. The van der Waals surface area contributed by atoms with E-state index in [2.05, 4.69) is 10.1 Å². The summed E-state index contributed by atoms with van der Waals surface area (Å²) in [6.07, 6.45) is 1.18. The van der Waals surface area contributed by atoms with Crippen LogP contribution in [0.1, 0.15) is 5.82 Å². The molecule has 118 valence electrons. The second-order valence-corrected chi connectivity index (χ2v) is 7.62. The summed E-state index contributed by atoms with van der Waals surface area (Å²) in [7, 11) is -3.22. The highest BCUT2D eigenvalue weighted by atomic mass is 35.5. The van der Waals surface area contributed by atoms with Crippen LogP contribution in [0, 0.1) is 6.92 Å². The second-order valence-electron chi connectivity index (χ2n) is 5.17. The first-order valence-electron chi connectivity index (χ1n) is 6.85. The highest BCUT2D eigenvalue weighted by Crippen LogP contribution is 2.23. The highest BCUT2D eigenvalue weighted by Gasteiger charge is 2.13. The zero-order chi connectivity index (χ0) is 16.6. The fraction of sp³-hybridized carbons (Fsp3) is 0.125. The number of halogens is 1. The Labute approximate surface area is 139 Å². The van der Waals surface area contributed by atoms with E-state index in [1.165, 1.54) is 6.26 Å². The molecule has 0 aliphatic carbocycles. The van der Waals surface area contributed by atoms with Gasteiger partial charge >= 0.3 is 0 Å². The van der Waals surface area contributed by atoms with Gasteiger partial charge in [0.15, 0.2) is 15.7 Å². The van der Waals surface area contributed by atoms with Crippen molar-refractivity contribution in [1.29, 1.82) is 0 Å². The molecule has 0 N–H and O–H groups in total. The highest BCUT2D eigenvalue weighted by molar-refractivity contribution is 7.90. The molecule has 0 bridgehead atoms. The molecular weight excluding hydrogens is 334 g/mol. The predicted molar refractivity (Wildman–Crippen MR) is 89.7 cm³/mol. The quantitative estimate of drug-likeness (QED) is 0.729. The van der Waals surface area contributed by atoms with Crippen LogP contribution in [0.15, 0.2) is 53.4 Å². The minimum atomic E-state index is -3.22. The Kier molecular flexibility index (Phi) is 3.95. The summed E-state index contributed by atoms with van der Waals surface area (Å²) >= 11 is 5.92.